The zero-order chi connectivity index (χ0) is 19.5. The third kappa shape index (κ3) is 3.74. The summed E-state index contributed by atoms with van der Waals surface area (Å²) in [4.78, 5) is 14.5. The molecule has 4 nitrogen and oxygen atoms in total. The highest BCUT2D eigenvalue weighted by atomic mass is 19.1. The van der Waals surface area contributed by atoms with E-state index in [2.05, 4.69) is 4.98 Å². The van der Waals surface area contributed by atoms with Crippen LogP contribution in [-0.2, 0) is 17.8 Å². The van der Waals surface area contributed by atoms with Crippen molar-refractivity contribution in [1.82, 2.24) is 4.98 Å². The van der Waals surface area contributed by atoms with E-state index in [4.69, 9.17) is 4.74 Å². The van der Waals surface area contributed by atoms with Gasteiger partial charge in [0, 0.05) is 10.9 Å². The maximum Gasteiger partial charge on any atom is 0.307 e. The van der Waals surface area contributed by atoms with Crippen molar-refractivity contribution in [3.8, 4) is 17.0 Å². The molecule has 140 valence electrons. The number of benzene rings is 3. The number of aromatic amines is 1. The average Bonchev–Trinajstić information content (AvgIpc) is 3.05. The molecule has 1 heterocycles. The highest BCUT2D eigenvalue weighted by molar-refractivity contribution is 5.94. The van der Waals surface area contributed by atoms with Crippen LogP contribution < -0.4 is 4.74 Å². The summed E-state index contributed by atoms with van der Waals surface area (Å²) in [6.45, 7) is 0.468. The van der Waals surface area contributed by atoms with Gasteiger partial charge in [-0.1, -0.05) is 30.3 Å². The van der Waals surface area contributed by atoms with Crippen LogP contribution >= 0.6 is 0 Å². The van der Waals surface area contributed by atoms with Crippen molar-refractivity contribution in [2.45, 2.75) is 13.0 Å². The number of aromatic nitrogens is 1. The quantitative estimate of drug-likeness (QED) is 0.488. The Hall–Kier alpha value is -3.60. The Labute approximate surface area is 161 Å². The molecule has 0 saturated heterocycles. The van der Waals surface area contributed by atoms with Crippen molar-refractivity contribution >= 4 is 16.9 Å². The molecule has 28 heavy (non-hydrogen) atoms. The molecule has 0 aliphatic rings. The van der Waals surface area contributed by atoms with E-state index in [0.717, 1.165) is 16.9 Å². The summed E-state index contributed by atoms with van der Waals surface area (Å²) >= 11 is 0. The third-order valence-electron chi connectivity index (χ3n) is 4.59. The minimum Gasteiger partial charge on any atom is -0.489 e. The fraction of sp³-hybridized carbons (Fsp3) is 0.0870. The van der Waals surface area contributed by atoms with Crippen LogP contribution in [0, 0.1) is 5.82 Å². The van der Waals surface area contributed by atoms with E-state index in [-0.39, 0.29) is 6.42 Å². The third-order valence-corrected chi connectivity index (χ3v) is 4.59. The number of hydrogen-bond donors (Lipinski definition) is 2. The van der Waals surface area contributed by atoms with Gasteiger partial charge in [0.2, 0.25) is 0 Å². The molecule has 2 N–H and O–H groups in total. The minimum absolute atomic E-state index is 0.189. The van der Waals surface area contributed by atoms with Gasteiger partial charge in [-0.2, -0.15) is 0 Å². The van der Waals surface area contributed by atoms with Crippen molar-refractivity contribution < 1.29 is 19.0 Å². The van der Waals surface area contributed by atoms with E-state index in [1.807, 2.05) is 54.6 Å². The second kappa shape index (κ2) is 7.56. The molecule has 5 heteroatoms. The SMILES string of the molecule is O=C(O)Cc1c(-c2ccc(OCc3ccccc3)cc2)[nH]c2ccc(F)cc12. The van der Waals surface area contributed by atoms with Crippen LogP contribution in [0.5, 0.6) is 5.75 Å². The number of rotatable bonds is 6. The van der Waals surface area contributed by atoms with Crippen molar-refractivity contribution in [3.05, 3.63) is 89.7 Å². The lowest BCUT2D eigenvalue weighted by Gasteiger charge is -2.08. The van der Waals surface area contributed by atoms with Crippen LogP contribution in [0.15, 0.2) is 72.8 Å². The molecule has 0 unspecified atom stereocenters. The van der Waals surface area contributed by atoms with E-state index in [1.165, 1.54) is 12.1 Å². The molecule has 0 amide bonds. The van der Waals surface area contributed by atoms with Crippen molar-refractivity contribution in [2.75, 3.05) is 0 Å². The van der Waals surface area contributed by atoms with Crippen LogP contribution in [0.3, 0.4) is 0 Å². The van der Waals surface area contributed by atoms with Gasteiger partial charge in [0.05, 0.1) is 12.1 Å². The van der Waals surface area contributed by atoms with E-state index in [0.29, 0.717) is 28.8 Å². The molecule has 0 radical (unpaired) electrons. The Balaban J connectivity index is 1.63. The minimum atomic E-state index is -0.964. The van der Waals surface area contributed by atoms with E-state index >= 15 is 0 Å². The fourth-order valence-electron chi connectivity index (χ4n) is 3.26. The van der Waals surface area contributed by atoms with Gasteiger partial charge in [-0.15, -0.1) is 0 Å². The smallest absolute Gasteiger partial charge is 0.307 e. The lowest BCUT2D eigenvalue weighted by Crippen LogP contribution is -2.01. The average molecular weight is 375 g/mol. The molecule has 0 aliphatic carbocycles. The number of nitrogens with one attached hydrogen (secondary N) is 1. The maximum atomic E-state index is 13.7. The molecule has 0 aliphatic heterocycles. The first kappa shape index (κ1) is 17.8. The second-order valence-corrected chi connectivity index (χ2v) is 6.54. The molecule has 0 bridgehead atoms. The monoisotopic (exact) mass is 375 g/mol. The molecule has 0 spiro atoms. The predicted molar refractivity (Wildman–Crippen MR) is 106 cm³/mol. The van der Waals surface area contributed by atoms with Crippen LogP contribution in [0.4, 0.5) is 4.39 Å². The molecular formula is C23H18FNO3. The summed E-state index contributed by atoms with van der Waals surface area (Å²) in [6, 6.07) is 21.6. The molecule has 4 aromatic rings. The number of carboxylic acids is 1. The number of halogens is 1. The molecule has 0 fully saturated rings. The van der Waals surface area contributed by atoms with E-state index in [1.54, 1.807) is 6.07 Å². The first-order valence-corrected chi connectivity index (χ1v) is 8.89. The number of carboxylic acid groups (broad SMARTS) is 1. The molecular weight excluding hydrogens is 357 g/mol. The molecule has 1 aromatic heterocycles. The van der Waals surface area contributed by atoms with Gasteiger partial charge in [0.25, 0.3) is 0 Å². The van der Waals surface area contributed by atoms with E-state index < -0.39 is 11.8 Å². The standard InChI is InChI=1S/C23H18FNO3/c24-17-8-11-21-19(12-17)20(13-22(26)27)23(25-21)16-6-9-18(10-7-16)28-14-15-4-2-1-3-5-15/h1-12,25H,13-14H2,(H,26,27). The van der Waals surface area contributed by atoms with Crippen LogP contribution in [0.2, 0.25) is 0 Å². The maximum absolute atomic E-state index is 13.7. The second-order valence-electron chi connectivity index (χ2n) is 6.54. The number of aliphatic carboxylic acids is 1. The van der Waals surface area contributed by atoms with Crippen molar-refractivity contribution in [2.24, 2.45) is 0 Å². The lowest BCUT2D eigenvalue weighted by atomic mass is 10.0. The summed E-state index contributed by atoms with van der Waals surface area (Å²) < 4.78 is 19.5. The normalized spacial score (nSPS) is 10.9. The van der Waals surface area contributed by atoms with Crippen LogP contribution in [0.25, 0.3) is 22.2 Å². The summed E-state index contributed by atoms with van der Waals surface area (Å²) in [6.07, 6.45) is -0.189. The Morgan fingerprint density at radius 2 is 1.75 bits per heavy atom. The summed E-state index contributed by atoms with van der Waals surface area (Å²) in [5, 5.41) is 9.87. The van der Waals surface area contributed by atoms with Crippen LogP contribution in [0.1, 0.15) is 11.1 Å². The zero-order valence-corrected chi connectivity index (χ0v) is 15.0. The van der Waals surface area contributed by atoms with Gasteiger partial charge in [0.15, 0.2) is 0 Å². The number of ether oxygens (including phenoxy) is 1. The first-order valence-electron chi connectivity index (χ1n) is 8.89. The Kier molecular flexibility index (Phi) is 4.81. The molecule has 0 atom stereocenters. The van der Waals surface area contributed by atoms with Gasteiger partial charge in [-0.25, -0.2) is 4.39 Å². The highest BCUT2D eigenvalue weighted by Gasteiger charge is 2.16. The Bertz CT molecular complexity index is 1120. The first-order chi connectivity index (χ1) is 13.6. The Morgan fingerprint density at radius 3 is 2.46 bits per heavy atom. The van der Waals surface area contributed by atoms with Gasteiger partial charge >= 0.3 is 5.97 Å². The number of H-pyrrole nitrogens is 1. The van der Waals surface area contributed by atoms with Crippen molar-refractivity contribution in [3.63, 3.8) is 0 Å². The van der Waals surface area contributed by atoms with Gasteiger partial charge in [-0.05, 0) is 59.2 Å². The number of hydrogen-bond acceptors (Lipinski definition) is 2. The van der Waals surface area contributed by atoms with Gasteiger partial charge in [0.1, 0.15) is 18.2 Å². The topological polar surface area (TPSA) is 62.3 Å². The summed E-state index contributed by atoms with van der Waals surface area (Å²) in [5.41, 5.74) is 3.85. The zero-order valence-electron chi connectivity index (χ0n) is 15.0. The van der Waals surface area contributed by atoms with Gasteiger partial charge in [-0.3, -0.25) is 4.79 Å². The Morgan fingerprint density at radius 1 is 1.00 bits per heavy atom. The largest absolute Gasteiger partial charge is 0.489 e. The van der Waals surface area contributed by atoms with Crippen molar-refractivity contribution in [1.29, 1.82) is 0 Å². The summed E-state index contributed by atoms with van der Waals surface area (Å²) in [5.74, 6) is -0.641. The summed E-state index contributed by atoms with van der Waals surface area (Å²) in [7, 11) is 0. The lowest BCUT2D eigenvalue weighted by molar-refractivity contribution is -0.136. The fourth-order valence-corrected chi connectivity index (χ4v) is 3.26. The molecule has 0 saturated carbocycles. The van der Waals surface area contributed by atoms with E-state index in [9.17, 15) is 14.3 Å². The molecule has 3 aromatic carbocycles. The van der Waals surface area contributed by atoms with Crippen LogP contribution in [-0.4, -0.2) is 16.1 Å². The van der Waals surface area contributed by atoms with Gasteiger partial charge < -0.3 is 14.8 Å². The predicted octanol–water partition coefficient (Wildman–Crippen LogP) is 5.18. The number of carbonyl (C=O) groups is 1. The number of fused-ring (bicyclic) bond motifs is 1. The highest BCUT2D eigenvalue weighted by Crippen LogP contribution is 2.32. The molecule has 4 rings (SSSR count).